The second-order valence-corrected chi connectivity index (χ2v) is 8.41. The lowest BCUT2D eigenvalue weighted by Crippen LogP contribution is -2.39. The van der Waals surface area contributed by atoms with Gasteiger partial charge in [0, 0.05) is 52.1 Å². The molecule has 1 aromatic carbocycles. The van der Waals surface area contributed by atoms with Gasteiger partial charge in [0.2, 0.25) is 11.8 Å². The number of amides is 2. The molecule has 2 saturated heterocycles. The highest BCUT2D eigenvalue weighted by Gasteiger charge is 2.20. The first-order valence-corrected chi connectivity index (χ1v) is 11.8. The average molecular weight is 428 g/mol. The van der Waals surface area contributed by atoms with Crippen LogP contribution in [0.3, 0.4) is 0 Å². The quantitative estimate of drug-likeness (QED) is 0.361. The van der Waals surface area contributed by atoms with Gasteiger partial charge in [-0.25, -0.2) is 4.99 Å². The van der Waals surface area contributed by atoms with E-state index in [1.54, 1.807) is 0 Å². The van der Waals surface area contributed by atoms with Crippen LogP contribution in [0.1, 0.15) is 63.0 Å². The molecule has 7 nitrogen and oxygen atoms in total. The minimum Gasteiger partial charge on any atom is -0.357 e. The van der Waals surface area contributed by atoms with Crippen molar-refractivity contribution in [2.45, 2.75) is 65.0 Å². The summed E-state index contributed by atoms with van der Waals surface area (Å²) in [7, 11) is 0. The largest absolute Gasteiger partial charge is 0.357 e. The van der Waals surface area contributed by atoms with Crippen LogP contribution < -0.4 is 10.6 Å². The highest BCUT2D eigenvalue weighted by molar-refractivity contribution is 5.80. The Labute approximate surface area is 186 Å². The van der Waals surface area contributed by atoms with Crippen molar-refractivity contribution in [2.75, 3.05) is 32.7 Å². The summed E-state index contributed by atoms with van der Waals surface area (Å²) in [5, 5.41) is 6.68. The van der Waals surface area contributed by atoms with Crippen molar-refractivity contribution in [1.82, 2.24) is 20.4 Å². The molecule has 0 aromatic heterocycles. The molecule has 0 saturated carbocycles. The topological polar surface area (TPSA) is 77.0 Å². The summed E-state index contributed by atoms with van der Waals surface area (Å²) in [4.78, 5) is 32.6. The summed E-state index contributed by atoms with van der Waals surface area (Å²) in [6, 6.07) is 8.34. The highest BCUT2D eigenvalue weighted by atomic mass is 16.2. The predicted octanol–water partition coefficient (Wildman–Crippen LogP) is 2.66. The van der Waals surface area contributed by atoms with Gasteiger partial charge < -0.3 is 20.4 Å². The molecule has 0 radical (unpaired) electrons. The van der Waals surface area contributed by atoms with Gasteiger partial charge in [0.25, 0.3) is 0 Å². The Balaban J connectivity index is 1.47. The van der Waals surface area contributed by atoms with E-state index >= 15 is 0 Å². The van der Waals surface area contributed by atoms with Crippen LogP contribution in [-0.4, -0.2) is 60.3 Å². The number of benzene rings is 1. The number of nitrogens with one attached hydrogen (secondary N) is 2. The lowest BCUT2D eigenvalue weighted by atomic mass is 10.1. The summed E-state index contributed by atoms with van der Waals surface area (Å²) < 4.78 is 0. The van der Waals surface area contributed by atoms with E-state index < -0.39 is 0 Å². The second kappa shape index (κ2) is 12.3. The van der Waals surface area contributed by atoms with E-state index in [-0.39, 0.29) is 5.91 Å². The predicted molar refractivity (Wildman–Crippen MR) is 124 cm³/mol. The van der Waals surface area contributed by atoms with Gasteiger partial charge in [-0.1, -0.05) is 30.7 Å². The lowest BCUT2D eigenvalue weighted by molar-refractivity contribution is -0.130. The monoisotopic (exact) mass is 427 g/mol. The van der Waals surface area contributed by atoms with E-state index in [1.165, 1.54) is 0 Å². The van der Waals surface area contributed by atoms with Crippen molar-refractivity contribution >= 4 is 17.8 Å². The molecule has 2 heterocycles. The smallest absolute Gasteiger partial charge is 0.222 e. The number of guanidine groups is 1. The summed E-state index contributed by atoms with van der Waals surface area (Å²) in [6.07, 6.45) is 6.56. The molecule has 7 heteroatoms. The van der Waals surface area contributed by atoms with Gasteiger partial charge in [0.15, 0.2) is 5.96 Å². The van der Waals surface area contributed by atoms with Crippen molar-refractivity contribution in [2.24, 2.45) is 4.99 Å². The molecule has 0 atom stereocenters. The fraction of sp³-hybridized carbons (Fsp3) is 0.625. The highest BCUT2D eigenvalue weighted by Crippen LogP contribution is 2.15. The zero-order valence-corrected chi connectivity index (χ0v) is 18.9. The molecular formula is C24H37N5O2. The van der Waals surface area contributed by atoms with Crippen LogP contribution in [0.5, 0.6) is 0 Å². The molecule has 0 unspecified atom stereocenters. The first-order chi connectivity index (χ1) is 15.2. The molecule has 2 aliphatic heterocycles. The Bertz CT molecular complexity index is 764. The van der Waals surface area contributed by atoms with Crippen LogP contribution in [0.25, 0.3) is 0 Å². The van der Waals surface area contributed by atoms with Crippen LogP contribution in [0.4, 0.5) is 0 Å². The fourth-order valence-corrected chi connectivity index (χ4v) is 4.18. The molecule has 1 aromatic rings. The molecule has 170 valence electrons. The normalized spacial score (nSPS) is 17.8. The minimum atomic E-state index is 0.254. The van der Waals surface area contributed by atoms with E-state index in [4.69, 9.17) is 4.99 Å². The van der Waals surface area contributed by atoms with E-state index in [1.807, 2.05) is 15.9 Å². The molecule has 0 aliphatic carbocycles. The van der Waals surface area contributed by atoms with Crippen molar-refractivity contribution in [1.29, 1.82) is 0 Å². The average Bonchev–Trinajstić information content (AvgIpc) is 3.05. The first kappa shape index (κ1) is 23.1. The first-order valence-electron chi connectivity index (χ1n) is 11.8. The lowest BCUT2D eigenvalue weighted by Gasteiger charge is -2.20. The maximum atomic E-state index is 12.1. The molecule has 2 fully saturated rings. The van der Waals surface area contributed by atoms with Gasteiger partial charge in [0.05, 0.1) is 6.54 Å². The van der Waals surface area contributed by atoms with Crippen molar-refractivity contribution in [3.05, 3.63) is 35.4 Å². The van der Waals surface area contributed by atoms with Gasteiger partial charge in [-0.2, -0.15) is 0 Å². The summed E-state index contributed by atoms with van der Waals surface area (Å²) >= 11 is 0. The Morgan fingerprint density at radius 1 is 0.968 bits per heavy atom. The number of carbonyl (C=O) groups excluding carboxylic acids is 2. The number of carbonyl (C=O) groups is 2. The van der Waals surface area contributed by atoms with Crippen LogP contribution in [0, 0.1) is 0 Å². The van der Waals surface area contributed by atoms with E-state index in [9.17, 15) is 9.59 Å². The van der Waals surface area contributed by atoms with E-state index in [0.29, 0.717) is 31.8 Å². The fourth-order valence-electron chi connectivity index (χ4n) is 4.18. The Morgan fingerprint density at radius 3 is 2.55 bits per heavy atom. The minimum absolute atomic E-state index is 0.254. The maximum Gasteiger partial charge on any atom is 0.222 e. The molecular weight excluding hydrogens is 390 g/mol. The number of hydrogen-bond acceptors (Lipinski definition) is 3. The molecule has 2 N–H and O–H groups in total. The van der Waals surface area contributed by atoms with E-state index in [2.05, 4.69) is 35.8 Å². The number of nitrogens with zero attached hydrogens (tertiary/aromatic N) is 3. The van der Waals surface area contributed by atoms with Crippen LogP contribution in [-0.2, 0) is 22.7 Å². The summed E-state index contributed by atoms with van der Waals surface area (Å²) in [6.45, 7) is 7.47. The number of aliphatic imine (C=N–C) groups is 1. The van der Waals surface area contributed by atoms with Gasteiger partial charge in [-0.15, -0.1) is 0 Å². The third-order valence-corrected chi connectivity index (χ3v) is 5.87. The van der Waals surface area contributed by atoms with Crippen LogP contribution >= 0.6 is 0 Å². The molecule has 0 spiro atoms. The Morgan fingerprint density at radius 2 is 1.74 bits per heavy atom. The van der Waals surface area contributed by atoms with Crippen molar-refractivity contribution in [3.8, 4) is 0 Å². The van der Waals surface area contributed by atoms with Gasteiger partial charge >= 0.3 is 0 Å². The van der Waals surface area contributed by atoms with Crippen molar-refractivity contribution in [3.63, 3.8) is 0 Å². The molecule has 2 aliphatic rings. The summed E-state index contributed by atoms with van der Waals surface area (Å²) in [5.74, 6) is 1.35. The molecule has 2 amide bonds. The maximum absolute atomic E-state index is 12.1. The number of likely N-dealkylation sites (tertiary alicyclic amines) is 2. The standard InChI is InChI=1S/C24H37N5O2/c1-2-25-24(26-13-8-16-28-14-5-3-4-11-22(28)30)27-18-20-9-6-10-21(17-20)19-29-15-7-12-23(29)31/h6,9-10,17H,2-5,7-8,11-16,18-19H2,1H3,(H2,25,26,27). The SMILES string of the molecule is CCNC(=NCc1cccc(CN2CCCC2=O)c1)NCCCN1CCCCCC1=O. The Hall–Kier alpha value is -2.57. The third-order valence-electron chi connectivity index (χ3n) is 5.87. The molecule has 31 heavy (non-hydrogen) atoms. The zero-order chi connectivity index (χ0) is 21.9. The van der Waals surface area contributed by atoms with E-state index in [0.717, 1.165) is 81.9 Å². The van der Waals surface area contributed by atoms with Gasteiger partial charge in [-0.05, 0) is 43.7 Å². The van der Waals surface area contributed by atoms with Crippen LogP contribution in [0.15, 0.2) is 29.3 Å². The number of hydrogen-bond donors (Lipinski definition) is 2. The number of rotatable bonds is 9. The Kier molecular flexibility index (Phi) is 9.18. The second-order valence-electron chi connectivity index (χ2n) is 8.41. The summed E-state index contributed by atoms with van der Waals surface area (Å²) in [5.41, 5.74) is 2.29. The third kappa shape index (κ3) is 7.56. The van der Waals surface area contributed by atoms with Gasteiger partial charge in [-0.3, -0.25) is 9.59 Å². The zero-order valence-electron chi connectivity index (χ0n) is 18.9. The van der Waals surface area contributed by atoms with Crippen LogP contribution in [0.2, 0.25) is 0 Å². The molecule has 0 bridgehead atoms. The van der Waals surface area contributed by atoms with Crippen molar-refractivity contribution < 1.29 is 9.59 Å². The molecule has 3 rings (SSSR count). The van der Waals surface area contributed by atoms with Gasteiger partial charge in [0.1, 0.15) is 0 Å².